The normalized spacial score (nSPS) is 51.3. The predicted octanol–water partition coefficient (Wildman–Crippen LogP) is 3.47. The van der Waals surface area contributed by atoms with Crippen molar-refractivity contribution in [2.45, 2.75) is 50.6 Å². The van der Waals surface area contributed by atoms with Gasteiger partial charge in [-0.2, -0.15) is 0 Å². The van der Waals surface area contributed by atoms with Gasteiger partial charge in [0.2, 0.25) is 0 Å². The molecular weight excluding hydrogens is 199 g/mol. The van der Waals surface area contributed by atoms with Crippen molar-refractivity contribution in [3.05, 3.63) is 0 Å². The first-order valence-corrected chi connectivity index (χ1v) is 7.06. The van der Waals surface area contributed by atoms with E-state index in [0.717, 1.165) is 24.2 Å². The van der Waals surface area contributed by atoms with Crippen molar-refractivity contribution < 1.29 is 0 Å². The molecule has 4 aliphatic rings. The molecule has 0 nitrogen and oxygen atoms in total. The van der Waals surface area contributed by atoms with Crippen LogP contribution in [0.1, 0.15) is 45.4 Å². The Morgan fingerprint density at radius 2 is 1.87 bits per heavy atom. The van der Waals surface area contributed by atoms with Crippen LogP contribution in [-0.4, -0.2) is 5.16 Å². The summed E-state index contributed by atoms with van der Waals surface area (Å²) in [5.74, 6) is 10.6. The van der Waals surface area contributed by atoms with Gasteiger partial charge in [-0.25, -0.2) is 0 Å². The van der Waals surface area contributed by atoms with Gasteiger partial charge in [0.05, 0.1) is 0 Å². The Morgan fingerprint density at radius 3 is 2.40 bits per heavy atom. The topological polar surface area (TPSA) is 0 Å². The van der Waals surface area contributed by atoms with Gasteiger partial charge >= 0.3 is 0 Å². The first-order valence-electron chi connectivity index (χ1n) is 6.48. The molecule has 0 spiro atoms. The quantitative estimate of drug-likeness (QED) is 0.433. The van der Waals surface area contributed by atoms with E-state index in [0.29, 0.717) is 11.1 Å². The third-order valence-electron chi connectivity index (χ3n) is 4.80. The minimum absolute atomic E-state index is 0.511. The van der Waals surface area contributed by atoms with Gasteiger partial charge in [0.1, 0.15) is 0 Å². The summed E-state index contributed by atoms with van der Waals surface area (Å²) in [5, 5.41) is 0.511. The zero-order valence-electron chi connectivity index (χ0n) is 9.63. The lowest BCUT2D eigenvalue weighted by molar-refractivity contribution is 0.00683. The molecule has 0 amide bonds. The van der Waals surface area contributed by atoms with Crippen LogP contribution >= 0.6 is 9.24 Å². The average molecular weight is 220 g/mol. The molecule has 15 heavy (non-hydrogen) atoms. The Kier molecular flexibility index (Phi) is 2.37. The van der Waals surface area contributed by atoms with Crippen LogP contribution < -0.4 is 0 Å². The van der Waals surface area contributed by atoms with Crippen molar-refractivity contribution in [3.63, 3.8) is 0 Å². The average Bonchev–Trinajstić information content (AvgIpc) is 2.14. The highest BCUT2D eigenvalue weighted by Crippen LogP contribution is 2.61. The largest absolute Gasteiger partial charge is 0.130 e. The zero-order chi connectivity index (χ0) is 10.5. The first-order chi connectivity index (χ1) is 7.21. The number of rotatable bonds is 0. The molecular formula is C14H21P. The van der Waals surface area contributed by atoms with Gasteiger partial charge in [-0.05, 0) is 55.0 Å². The molecule has 0 aliphatic heterocycles. The second kappa shape index (κ2) is 3.49. The van der Waals surface area contributed by atoms with E-state index in [9.17, 15) is 0 Å². The molecule has 4 saturated carbocycles. The van der Waals surface area contributed by atoms with Crippen molar-refractivity contribution in [3.8, 4) is 11.8 Å². The van der Waals surface area contributed by atoms with Gasteiger partial charge < -0.3 is 0 Å². The summed E-state index contributed by atoms with van der Waals surface area (Å²) in [6.45, 7) is 2.17. The van der Waals surface area contributed by atoms with E-state index in [2.05, 4.69) is 28.0 Å². The Balaban J connectivity index is 1.89. The van der Waals surface area contributed by atoms with Crippen LogP contribution in [0.2, 0.25) is 0 Å². The Labute approximate surface area is 95.8 Å². The van der Waals surface area contributed by atoms with Crippen LogP contribution in [0.3, 0.4) is 0 Å². The summed E-state index contributed by atoms with van der Waals surface area (Å²) in [5.41, 5.74) is 0. The molecule has 4 atom stereocenters. The molecule has 82 valence electrons. The summed E-state index contributed by atoms with van der Waals surface area (Å²) in [6, 6.07) is 0. The summed E-state index contributed by atoms with van der Waals surface area (Å²) in [4.78, 5) is 0. The third kappa shape index (κ3) is 1.55. The minimum atomic E-state index is 0.511. The smallest absolute Gasteiger partial charge is 0.0322 e. The number of hydrogen-bond donors (Lipinski definition) is 0. The summed E-state index contributed by atoms with van der Waals surface area (Å²) >= 11 is 0. The van der Waals surface area contributed by atoms with E-state index in [1.54, 1.807) is 0 Å². The monoisotopic (exact) mass is 220 g/mol. The van der Waals surface area contributed by atoms with Gasteiger partial charge in [0.15, 0.2) is 0 Å². The SMILES string of the molecule is CCC#CC1C2CC3CC(C2)CC1(P)C3. The Morgan fingerprint density at radius 1 is 1.20 bits per heavy atom. The molecule has 4 fully saturated rings. The molecule has 0 heterocycles. The van der Waals surface area contributed by atoms with Crippen molar-refractivity contribution in [1.82, 2.24) is 0 Å². The summed E-state index contributed by atoms with van der Waals surface area (Å²) in [6.07, 6.45) is 8.39. The van der Waals surface area contributed by atoms with Crippen LogP contribution in [0.15, 0.2) is 0 Å². The van der Waals surface area contributed by atoms with Gasteiger partial charge in [-0.15, -0.1) is 15.2 Å². The molecule has 4 bridgehead atoms. The third-order valence-corrected chi connectivity index (χ3v) is 5.63. The molecule has 0 aromatic carbocycles. The van der Waals surface area contributed by atoms with Gasteiger partial charge in [0, 0.05) is 12.3 Å². The van der Waals surface area contributed by atoms with Crippen LogP contribution in [0.5, 0.6) is 0 Å². The Hall–Kier alpha value is -0.0100. The van der Waals surface area contributed by atoms with E-state index >= 15 is 0 Å². The van der Waals surface area contributed by atoms with E-state index in [4.69, 9.17) is 0 Å². The lowest BCUT2D eigenvalue weighted by Gasteiger charge is -2.58. The highest BCUT2D eigenvalue weighted by molar-refractivity contribution is 7.19. The maximum atomic E-state index is 3.58. The van der Waals surface area contributed by atoms with E-state index in [1.807, 2.05) is 0 Å². The lowest BCUT2D eigenvalue weighted by Crippen LogP contribution is -2.53. The fraction of sp³-hybridized carbons (Fsp3) is 0.857. The molecule has 0 aromatic heterocycles. The van der Waals surface area contributed by atoms with Crippen LogP contribution in [0.4, 0.5) is 0 Å². The fourth-order valence-electron chi connectivity index (χ4n) is 4.58. The van der Waals surface area contributed by atoms with Crippen LogP contribution in [0.25, 0.3) is 0 Å². The van der Waals surface area contributed by atoms with Gasteiger partial charge in [0.25, 0.3) is 0 Å². The molecule has 4 unspecified atom stereocenters. The first kappa shape index (κ1) is 10.2. The lowest BCUT2D eigenvalue weighted by atomic mass is 9.51. The molecule has 4 aliphatic carbocycles. The zero-order valence-corrected chi connectivity index (χ0v) is 10.8. The minimum Gasteiger partial charge on any atom is -0.130 e. The Bertz CT molecular complexity index is 308. The highest BCUT2D eigenvalue weighted by atomic mass is 31.0. The van der Waals surface area contributed by atoms with Crippen molar-refractivity contribution in [2.75, 3.05) is 0 Å². The second-order valence-electron chi connectivity index (χ2n) is 5.99. The van der Waals surface area contributed by atoms with E-state index in [-0.39, 0.29) is 0 Å². The van der Waals surface area contributed by atoms with E-state index in [1.165, 1.54) is 32.1 Å². The van der Waals surface area contributed by atoms with Gasteiger partial charge in [-0.3, -0.25) is 0 Å². The van der Waals surface area contributed by atoms with Gasteiger partial charge in [-0.1, -0.05) is 12.8 Å². The standard InChI is InChI=1S/C14H21P/c1-2-3-4-13-12-6-10-5-11(7-12)9-14(13,15)8-10/h10-13H,2,5-9,15H2,1H3. The molecule has 0 N–H and O–H groups in total. The molecule has 0 aromatic rings. The molecule has 0 radical (unpaired) electrons. The highest BCUT2D eigenvalue weighted by Gasteiger charge is 2.54. The molecule has 1 heteroatoms. The van der Waals surface area contributed by atoms with Crippen molar-refractivity contribution in [1.29, 1.82) is 0 Å². The molecule has 4 rings (SSSR count). The maximum Gasteiger partial charge on any atom is 0.0322 e. The van der Waals surface area contributed by atoms with E-state index < -0.39 is 0 Å². The second-order valence-corrected chi connectivity index (χ2v) is 7.14. The maximum absolute atomic E-state index is 3.58. The number of hydrogen-bond acceptors (Lipinski definition) is 0. The van der Waals surface area contributed by atoms with Crippen LogP contribution in [-0.2, 0) is 0 Å². The fourth-order valence-corrected chi connectivity index (χ4v) is 5.60. The van der Waals surface area contributed by atoms with Crippen LogP contribution in [0, 0.1) is 35.5 Å². The van der Waals surface area contributed by atoms with Crippen molar-refractivity contribution in [2.24, 2.45) is 23.7 Å². The molecule has 0 saturated heterocycles. The van der Waals surface area contributed by atoms with Crippen molar-refractivity contribution >= 4 is 9.24 Å². The summed E-state index contributed by atoms with van der Waals surface area (Å²) < 4.78 is 0. The summed E-state index contributed by atoms with van der Waals surface area (Å²) in [7, 11) is 3.20. The predicted molar refractivity (Wildman–Crippen MR) is 67.6 cm³/mol.